The molecule has 1 N–H and O–H groups in total. The Morgan fingerprint density at radius 1 is 1.14 bits per heavy atom. The van der Waals surface area contributed by atoms with Crippen LogP contribution in [0.4, 0.5) is 0 Å². The van der Waals surface area contributed by atoms with E-state index in [-0.39, 0.29) is 0 Å². The van der Waals surface area contributed by atoms with E-state index in [1.807, 2.05) is 18.3 Å². The van der Waals surface area contributed by atoms with E-state index in [9.17, 15) is 0 Å². The molecule has 4 nitrogen and oxygen atoms in total. The molecule has 0 aliphatic heterocycles. The topological polar surface area (TPSA) is 50.7 Å². The predicted octanol–water partition coefficient (Wildman–Crippen LogP) is 3.50. The maximum absolute atomic E-state index is 4.48. The molecule has 5 heteroatoms. The van der Waals surface area contributed by atoms with Gasteiger partial charge in [-0.15, -0.1) is 10.2 Å². The highest BCUT2D eigenvalue weighted by Crippen LogP contribution is 2.29. The molecule has 0 spiro atoms. The Labute approximate surface area is 128 Å². The van der Waals surface area contributed by atoms with Crippen molar-refractivity contribution in [3.05, 3.63) is 41.5 Å². The minimum atomic E-state index is 0.639. The number of aromatic nitrogens is 3. The summed E-state index contributed by atoms with van der Waals surface area (Å²) >= 11 is 1.63. The Bertz CT molecular complexity index is 730. The van der Waals surface area contributed by atoms with Crippen LogP contribution in [0.3, 0.4) is 0 Å². The maximum Gasteiger partial charge on any atom is 0.150 e. The van der Waals surface area contributed by atoms with Gasteiger partial charge in [0.1, 0.15) is 10.0 Å². The molecule has 3 aromatic rings. The van der Waals surface area contributed by atoms with Crippen molar-refractivity contribution >= 4 is 22.2 Å². The van der Waals surface area contributed by atoms with Crippen LogP contribution >= 0.6 is 11.3 Å². The van der Waals surface area contributed by atoms with E-state index in [2.05, 4.69) is 52.5 Å². The zero-order valence-corrected chi connectivity index (χ0v) is 13.0. The van der Waals surface area contributed by atoms with Gasteiger partial charge in [-0.3, -0.25) is 4.98 Å². The largest absolute Gasteiger partial charge is 0.310 e. The second-order valence-electron chi connectivity index (χ2n) is 5.41. The van der Waals surface area contributed by atoms with Gasteiger partial charge in [0, 0.05) is 23.7 Å². The van der Waals surface area contributed by atoms with Crippen molar-refractivity contribution in [1.82, 2.24) is 20.5 Å². The summed E-state index contributed by atoms with van der Waals surface area (Å²) in [5.74, 6) is 0.639. The molecule has 0 aliphatic carbocycles. The summed E-state index contributed by atoms with van der Waals surface area (Å²) in [7, 11) is 0. The van der Waals surface area contributed by atoms with Crippen LogP contribution in [0.2, 0.25) is 0 Å². The number of para-hydroxylation sites is 1. The Morgan fingerprint density at radius 3 is 2.86 bits per heavy atom. The zero-order chi connectivity index (χ0) is 14.7. The number of hydrogen-bond donors (Lipinski definition) is 1. The van der Waals surface area contributed by atoms with Crippen LogP contribution in [-0.2, 0) is 6.54 Å². The van der Waals surface area contributed by atoms with E-state index in [1.165, 1.54) is 0 Å². The monoisotopic (exact) mass is 298 g/mol. The fraction of sp³-hybridized carbons (Fsp3) is 0.312. The summed E-state index contributed by atoms with van der Waals surface area (Å²) in [6, 6.07) is 10.2. The van der Waals surface area contributed by atoms with Gasteiger partial charge in [-0.05, 0) is 24.6 Å². The number of fused-ring (bicyclic) bond motifs is 1. The Balaban J connectivity index is 1.85. The Kier molecular flexibility index (Phi) is 4.22. The standard InChI is InChI=1S/C16H18N4S/c1-11(2)9-17-10-14-19-20-16(21-14)13-7-3-5-12-6-4-8-18-15(12)13/h3-8,11,17H,9-10H2,1-2H3. The molecule has 0 saturated heterocycles. The van der Waals surface area contributed by atoms with Crippen LogP contribution in [0.1, 0.15) is 18.9 Å². The summed E-state index contributed by atoms with van der Waals surface area (Å²) in [5, 5.41) is 15.1. The van der Waals surface area contributed by atoms with Crippen molar-refractivity contribution in [2.75, 3.05) is 6.54 Å². The highest BCUT2D eigenvalue weighted by Gasteiger charge is 2.10. The molecular weight excluding hydrogens is 280 g/mol. The van der Waals surface area contributed by atoms with Crippen LogP contribution in [-0.4, -0.2) is 21.7 Å². The Morgan fingerprint density at radius 2 is 2.00 bits per heavy atom. The SMILES string of the molecule is CC(C)CNCc1nnc(-c2cccc3cccnc23)s1. The van der Waals surface area contributed by atoms with E-state index in [0.717, 1.165) is 39.6 Å². The van der Waals surface area contributed by atoms with Crippen LogP contribution in [0.5, 0.6) is 0 Å². The molecule has 0 bridgehead atoms. The van der Waals surface area contributed by atoms with E-state index in [1.54, 1.807) is 11.3 Å². The summed E-state index contributed by atoms with van der Waals surface area (Å²) in [6.07, 6.45) is 1.82. The van der Waals surface area contributed by atoms with Crippen molar-refractivity contribution in [2.45, 2.75) is 20.4 Å². The first kappa shape index (κ1) is 14.1. The molecule has 2 heterocycles. The van der Waals surface area contributed by atoms with E-state index in [4.69, 9.17) is 0 Å². The quantitative estimate of drug-likeness (QED) is 0.783. The minimum absolute atomic E-state index is 0.639. The first-order valence-corrected chi connectivity index (χ1v) is 7.93. The van der Waals surface area contributed by atoms with Crippen molar-refractivity contribution in [1.29, 1.82) is 0 Å². The molecule has 0 amide bonds. The highest BCUT2D eigenvalue weighted by atomic mass is 32.1. The molecule has 2 aromatic heterocycles. The molecule has 21 heavy (non-hydrogen) atoms. The van der Waals surface area contributed by atoms with Crippen molar-refractivity contribution in [2.24, 2.45) is 5.92 Å². The molecule has 1 aromatic carbocycles. The van der Waals surface area contributed by atoms with Gasteiger partial charge in [-0.2, -0.15) is 0 Å². The van der Waals surface area contributed by atoms with Crippen molar-refractivity contribution in [3.63, 3.8) is 0 Å². The van der Waals surface area contributed by atoms with Crippen molar-refractivity contribution in [3.8, 4) is 10.6 Å². The van der Waals surface area contributed by atoms with Gasteiger partial charge < -0.3 is 5.32 Å². The number of pyridine rings is 1. The van der Waals surface area contributed by atoms with Crippen LogP contribution in [0.25, 0.3) is 21.5 Å². The highest BCUT2D eigenvalue weighted by molar-refractivity contribution is 7.14. The van der Waals surface area contributed by atoms with E-state index < -0.39 is 0 Å². The lowest BCUT2D eigenvalue weighted by molar-refractivity contribution is 0.550. The average molecular weight is 298 g/mol. The predicted molar refractivity (Wildman–Crippen MR) is 87.2 cm³/mol. The van der Waals surface area contributed by atoms with E-state index >= 15 is 0 Å². The molecule has 3 rings (SSSR count). The molecule has 0 radical (unpaired) electrons. The van der Waals surface area contributed by atoms with Gasteiger partial charge in [0.2, 0.25) is 0 Å². The summed E-state index contributed by atoms with van der Waals surface area (Å²) in [4.78, 5) is 4.48. The van der Waals surface area contributed by atoms with E-state index in [0.29, 0.717) is 5.92 Å². The average Bonchev–Trinajstić information content (AvgIpc) is 2.95. The lowest BCUT2D eigenvalue weighted by Crippen LogP contribution is -2.18. The maximum atomic E-state index is 4.48. The number of rotatable bonds is 5. The summed E-state index contributed by atoms with van der Waals surface area (Å²) < 4.78 is 0. The number of hydrogen-bond acceptors (Lipinski definition) is 5. The van der Waals surface area contributed by atoms with Gasteiger partial charge in [0.05, 0.1) is 5.52 Å². The van der Waals surface area contributed by atoms with Gasteiger partial charge >= 0.3 is 0 Å². The molecular formula is C16H18N4S. The third-order valence-electron chi connectivity index (χ3n) is 3.16. The van der Waals surface area contributed by atoms with Crippen LogP contribution < -0.4 is 5.32 Å². The number of benzene rings is 1. The van der Waals surface area contributed by atoms with Crippen molar-refractivity contribution < 1.29 is 0 Å². The summed E-state index contributed by atoms with van der Waals surface area (Å²) in [6.45, 7) is 6.15. The third-order valence-corrected chi connectivity index (χ3v) is 4.12. The second-order valence-corrected chi connectivity index (χ2v) is 6.47. The normalized spacial score (nSPS) is 11.4. The molecule has 0 saturated carbocycles. The smallest absolute Gasteiger partial charge is 0.150 e. The lowest BCUT2D eigenvalue weighted by Gasteiger charge is -2.04. The molecule has 108 valence electrons. The van der Waals surface area contributed by atoms with Crippen LogP contribution in [0, 0.1) is 5.92 Å². The third kappa shape index (κ3) is 3.25. The molecule has 0 unspecified atom stereocenters. The molecule has 0 fully saturated rings. The van der Waals surface area contributed by atoms with Gasteiger partial charge in [-0.1, -0.05) is 43.4 Å². The zero-order valence-electron chi connectivity index (χ0n) is 12.2. The Hall–Kier alpha value is -1.85. The number of nitrogens with one attached hydrogen (secondary N) is 1. The molecule has 0 aliphatic rings. The second kappa shape index (κ2) is 6.28. The first-order chi connectivity index (χ1) is 10.2. The van der Waals surface area contributed by atoms with Gasteiger partial charge in [-0.25, -0.2) is 0 Å². The fourth-order valence-corrected chi connectivity index (χ4v) is 3.01. The summed E-state index contributed by atoms with van der Waals surface area (Å²) in [5.41, 5.74) is 2.04. The van der Waals surface area contributed by atoms with Crippen LogP contribution in [0.15, 0.2) is 36.5 Å². The first-order valence-electron chi connectivity index (χ1n) is 7.11. The van der Waals surface area contributed by atoms with Gasteiger partial charge in [0.15, 0.2) is 0 Å². The fourth-order valence-electron chi connectivity index (χ4n) is 2.18. The van der Waals surface area contributed by atoms with Gasteiger partial charge in [0.25, 0.3) is 0 Å². The minimum Gasteiger partial charge on any atom is -0.310 e. The molecule has 0 atom stereocenters. The number of nitrogens with zero attached hydrogens (tertiary/aromatic N) is 3. The lowest BCUT2D eigenvalue weighted by atomic mass is 10.1.